The quantitative estimate of drug-likeness (QED) is 0.826. The Balaban J connectivity index is 1.28. The highest BCUT2D eigenvalue weighted by atomic mass is 16.2. The first kappa shape index (κ1) is 18.2. The third kappa shape index (κ3) is 4.05. The summed E-state index contributed by atoms with van der Waals surface area (Å²) >= 11 is 0. The third-order valence-corrected chi connectivity index (χ3v) is 5.37. The Hall–Kier alpha value is -3.16. The monoisotopic (exact) mass is 380 g/mol. The minimum atomic E-state index is -0.224. The molecular formula is C20H24N6O2. The Labute approximate surface area is 164 Å². The van der Waals surface area contributed by atoms with Crippen LogP contribution < -0.4 is 15.5 Å². The van der Waals surface area contributed by atoms with Gasteiger partial charge < -0.3 is 20.4 Å². The number of para-hydroxylation sites is 1. The van der Waals surface area contributed by atoms with E-state index in [1.165, 1.54) is 0 Å². The first-order valence-corrected chi connectivity index (χ1v) is 9.58. The van der Waals surface area contributed by atoms with Gasteiger partial charge in [0.2, 0.25) is 11.9 Å². The first-order valence-electron chi connectivity index (χ1n) is 9.58. The number of hydrogen-bond donors (Lipinski definition) is 2. The minimum absolute atomic E-state index is 0.0862. The van der Waals surface area contributed by atoms with Crippen LogP contribution in [0.2, 0.25) is 0 Å². The molecule has 2 aromatic rings. The summed E-state index contributed by atoms with van der Waals surface area (Å²) in [5.41, 5.74) is 0.545. The Morgan fingerprint density at radius 2 is 1.82 bits per heavy atom. The summed E-state index contributed by atoms with van der Waals surface area (Å²) in [6, 6.07) is 11.1. The molecule has 0 radical (unpaired) electrons. The van der Waals surface area contributed by atoms with Crippen LogP contribution in [0.5, 0.6) is 0 Å². The maximum Gasteiger partial charge on any atom is 0.317 e. The SMILES string of the molecule is O=C(CCN1CC2(CCN(c3ncccn3)CC2)NC1=O)Nc1ccccc1. The number of piperidine rings is 1. The molecule has 28 heavy (non-hydrogen) atoms. The van der Waals surface area contributed by atoms with Gasteiger partial charge in [-0.25, -0.2) is 14.8 Å². The second-order valence-corrected chi connectivity index (χ2v) is 7.33. The number of aromatic nitrogens is 2. The van der Waals surface area contributed by atoms with Crippen molar-refractivity contribution in [2.75, 3.05) is 36.4 Å². The zero-order chi connectivity index (χ0) is 19.4. The molecule has 1 aromatic carbocycles. The van der Waals surface area contributed by atoms with Crippen LogP contribution in [0.15, 0.2) is 48.8 Å². The number of anilines is 2. The van der Waals surface area contributed by atoms with Gasteiger partial charge in [0.15, 0.2) is 0 Å². The van der Waals surface area contributed by atoms with E-state index >= 15 is 0 Å². The molecule has 0 bridgehead atoms. The van der Waals surface area contributed by atoms with Gasteiger partial charge in [-0.2, -0.15) is 0 Å². The molecule has 2 N–H and O–H groups in total. The van der Waals surface area contributed by atoms with Crippen molar-refractivity contribution in [1.82, 2.24) is 20.2 Å². The number of hydrogen-bond acceptors (Lipinski definition) is 5. The van der Waals surface area contributed by atoms with E-state index in [2.05, 4.69) is 25.5 Å². The summed E-state index contributed by atoms with van der Waals surface area (Å²) in [5.74, 6) is 0.645. The van der Waals surface area contributed by atoms with E-state index in [9.17, 15) is 9.59 Å². The molecule has 3 heterocycles. The minimum Gasteiger partial charge on any atom is -0.341 e. The number of nitrogens with zero attached hydrogens (tertiary/aromatic N) is 4. The lowest BCUT2D eigenvalue weighted by Gasteiger charge is -2.38. The predicted molar refractivity (Wildman–Crippen MR) is 106 cm³/mol. The average Bonchev–Trinajstić information content (AvgIpc) is 3.03. The fourth-order valence-electron chi connectivity index (χ4n) is 3.82. The molecule has 0 unspecified atom stereocenters. The van der Waals surface area contributed by atoms with E-state index in [1.807, 2.05) is 30.3 Å². The second-order valence-electron chi connectivity index (χ2n) is 7.33. The van der Waals surface area contributed by atoms with Gasteiger partial charge >= 0.3 is 6.03 Å². The lowest BCUT2D eigenvalue weighted by molar-refractivity contribution is -0.116. The van der Waals surface area contributed by atoms with Gasteiger partial charge in [0.25, 0.3) is 0 Å². The average molecular weight is 380 g/mol. The van der Waals surface area contributed by atoms with E-state index in [4.69, 9.17) is 0 Å². The fourth-order valence-corrected chi connectivity index (χ4v) is 3.82. The number of nitrogens with one attached hydrogen (secondary N) is 2. The molecule has 0 aliphatic carbocycles. The van der Waals surface area contributed by atoms with Crippen molar-refractivity contribution in [2.24, 2.45) is 0 Å². The zero-order valence-corrected chi connectivity index (χ0v) is 15.7. The van der Waals surface area contributed by atoms with Crippen LogP contribution >= 0.6 is 0 Å². The Kier molecular flexibility index (Phi) is 5.10. The van der Waals surface area contributed by atoms with Crippen LogP contribution in [0, 0.1) is 0 Å². The van der Waals surface area contributed by atoms with Gasteiger partial charge in [0.05, 0.1) is 5.54 Å². The number of carbonyl (C=O) groups is 2. The molecule has 0 saturated carbocycles. The summed E-state index contributed by atoms with van der Waals surface area (Å²) in [6.07, 6.45) is 5.44. The summed E-state index contributed by atoms with van der Waals surface area (Å²) in [6.45, 7) is 2.64. The highest BCUT2D eigenvalue weighted by molar-refractivity contribution is 5.91. The van der Waals surface area contributed by atoms with Gasteiger partial charge in [-0.1, -0.05) is 18.2 Å². The van der Waals surface area contributed by atoms with Crippen LogP contribution in [-0.4, -0.2) is 58.5 Å². The molecule has 1 spiro atoms. The molecule has 2 aliphatic heterocycles. The Morgan fingerprint density at radius 3 is 2.54 bits per heavy atom. The van der Waals surface area contributed by atoms with E-state index in [1.54, 1.807) is 23.4 Å². The molecule has 8 heteroatoms. The largest absolute Gasteiger partial charge is 0.341 e. The maximum absolute atomic E-state index is 12.4. The van der Waals surface area contributed by atoms with Crippen molar-refractivity contribution >= 4 is 23.6 Å². The molecule has 2 fully saturated rings. The van der Waals surface area contributed by atoms with Crippen molar-refractivity contribution in [2.45, 2.75) is 24.8 Å². The van der Waals surface area contributed by atoms with Crippen molar-refractivity contribution < 1.29 is 9.59 Å². The van der Waals surface area contributed by atoms with Crippen molar-refractivity contribution in [3.63, 3.8) is 0 Å². The lowest BCUT2D eigenvalue weighted by Crippen LogP contribution is -2.52. The van der Waals surface area contributed by atoms with Gasteiger partial charge in [-0.05, 0) is 31.0 Å². The van der Waals surface area contributed by atoms with Gasteiger partial charge in [-0.15, -0.1) is 0 Å². The molecule has 4 rings (SSSR count). The van der Waals surface area contributed by atoms with Crippen LogP contribution in [0.4, 0.5) is 16.4 Å². The summed E-state index contributed by atoms with van der Waals surface area (Å²) in [5, 5.41) is 6.01. The van der Waals surface area contributed by atoms with E-state index in [0.29, 0.717) is 13.1 Å². The lowest BCUT2D eigenvalue weighted by atomic mass is 9.88. The number of amides is 3. The topological polar surface area (TPSA) is 90.5 Å². The molecular weight excluding hydrogens is 356 g/mol. The van der Waals surface area contributed by atoms with Crippen molar-refractivity contribution in [3.05, 3.63) is 48.8 Å². The normalized spacial score (nSPS) is 18.2. The molecule has 3 amide bonds. The number of carbonyl (C=O) groups excluding carboxylic acids is 2. The summed E-state index contributed by atoms with van der Waals surface area (Å²) in [7, 11) is 0. The highest BCUT2D eigenvalue weighted by Crippen LogP contribution is 2.29. The molecule has 2 aliphatic rings. The van der Waals surface area contributed by atoms with Crippen LogP contribution in [0.3, 0.4) is 0 Å². The maximum atomic E-state index is 12.4. The second kappa shape index (κ2) is 7.84. The molecule has 2 saturated heterocycles. The number of rotatable bonds is 5. The first-order chi connectivity index (χ1) is 13.6. The Morgan fingerprint density at radius 1 is 1.11 bits per heavy atom. The zero-order valence-electron chi connectivity index (χ0n) is 15.7. The number of urea groups is 1. The molecule has 0 atom stereocenters. The van der Waals surface area contributed by atoms with E-state index < -0.39 is 0 Å². The molecule has 8 nitrogen and oxygen atoms in total. The van der Waals surface area contributed by atoms with Crippen molar-refractivity contribution in [1.29, 1.82) is 0 Å². The summed E-state index contributed by atoms with van der Waals surface area (Å²) in [4.78, 5) is 37.1. The van der Waals surface area contributed by atoms with Gasteiger partial charge in [0, 0.05) is 50.7 Å². The van der Waals surface area contributed by atoms with Crippen molar-refractivity contribution in [3.8, 4) is 0 Å². The predicted octanol–water partition coefficient (Wildman–Crippen LogP) is 1.87. The van der Waals surface area contributed by atoms with E-state index in [0.717, 1.165) is 37.6 Å². The third-order valence-electron chi connectivity index (χ3n) is 5.37. The Bertz CT molecular complexity index is 821. The fraction of sp³-hybridized carbons (Fsp3) is 0.400. The molecule has 146 valence electrons. The van der Waals surface area contributed by atoms with E-state index in [-0.39, 0.29) is 23.9 Å². The molecule has 1 aromatic heterocycles. The standard InChI is InChI=1S/C20H24N6O2/c27-17(23-16-5-2-1-3-6-16)7-12-26-15-20(24-19(26)28)8-13-25(14-9-20)18-21-10-4-11-22-18/h1-6,10-11H,7-9,12-15H2,(H,23,27)(H,24,28). The summed E-state index contributed by atoms with van der Waals surface area (Å²) < 4.78 is 0. The van der Waals surface area contributed by atoms with Crippen LogP contribution in [0.25, 0.3) is 0 Å². The number of benzene rings is 1. The van der Waals surface area contributed by atoms with Gasteiger partial charge in [0.1, 0.15) is 0 Å². The van der Waals surface area contributed by atoms with Crippen LogP contribution in [0.1, 0.15) is 19.3 Å². The smallest absolute Gasteiger partial charge is 0.317 e. The van der Waals surface area contributed by atoms with Gasteiger partial charge in [-0.3, -0.25) is 4.79 Å². The van der Waals surface area contributed by atoms with Crippen LogP contribution in [-0.2, 0) is 4.79 Å². The highest BCUT2D eigenvalue weighted by Gasteiger charge is 2.44.